The van der Waals surface area contributed by atoms with Crippen molar-refractivity contribution in [2.24, 2.45) is 5.92 Å². The molecular weight excluding hydrogens is 318 g/mol. The summed E-state index contributed by atoms with van der Waals surface area (Å²) < 4.78 is 0. The molecule has 0 radical (unpaired) electrons. The van der Waals surface area contributed by atoms with Crippen LogP contribution in [0.2, 0.25) is 0 Å². The number of nitrogens with zero attached hydrogens (tertiary/aromatic N) is 2. The highest BCUT2D eigenvalue weighted by Crippen LogP contribution is 2.39. The largest absolute Gasteiger partial charge is 0.323 e. The zero-order chi connectivity index (χ0) is 15.7. The summed E-state index contributed by atoms with van der Waals surface area (Å²) in [5, 5.41) is 12.9. The molecule has 3 rings (SSSR count). The van der Waals surface area contributed by atoms with Gasteiger partial charge in [0.2, 0.25) is 11.8 Å². The van der Waals surface area contributed by atoms with Crippen LogP contribution in [0.4, 0.5) is 5.00 Å². The van der Waals surface area contributed by atoms with Crippen LogP contribution in [-0.2, 0) is 22.4 Å². The van der Waals surface area contributed by atoms with Gasteiger partial charge in [-0.2, -0.15) is 5.26 Å². The number of amides is 2. The van der Waals surface area contributed by atoms with Gasteiger partial charge in [-0.25, -0.2) is 0 Å². The summed E-state index contributed by atoms with van der Waals surface area (Å²) in [7, 11) is 0. The van der Waals surface area contributed by atoms with Gasteiger partial charge in [0.05, 0.1) is 17.2 Å². The van der Waals surface area contributed by atoms with E-state index in [2.05, 4.69) is 18.3 Å². The van der Waals surface area contributed by atoms with Crippen molar-refractivity contribution >= 4 is 39.9 Å². The maximum atomic E-state index is 12.1. The number of hydrogen-bond donors (Lipinski definition) is 1. The second-order valence-corrected chi connectivity index (χ2v) is 7.85. The maximum absolute atomic E-state index is 12.1. The van der Waals surface area contributed by atoms with Crippen LogP contribution in [0.3, 0.4) is 0 Å². The molecule has 0 bridgehead atoms. The minimum atomic E-state index is -0.223. The van der Waals surface area contributed by atoms with Gasteiger partial charge in [0, 0.05) is 4.88 Å². The summed E-state index contributed by atoms with van der Waals surface area (Å²) >= 11 is 3.03. The molecule has 1 aromatic heterocycles. The number of carbonyl (C=O) groups is 2. The fourth-order valence-electron chi connectivity index (χ4n) is 2.84. The number of anilines is 1. The van der Waals surface area contributed by atoms with Crippen molar-refractivity contribution in [3.8, 4) is 6.07 Å². The van der Waals surface area contributed by atoms with E-state index >= 15 is 0 Å². The van der Waals surface area contributed by atoms with Gasteiger partial charge >= 0.3 is 0 Å². The Morgan fingerprint density at radius 2 is 2.36 bits per heavy atom. The molecule has 2 aliphatic rings. The van der Waals surface area contributed by atoms with Gasteiger partial charge in [-0.3, -0.25) is 9.59 Å². The molecule has 1 aliphatic heterocycles. The van der Waals surface area contributed by atoms with Gasteiger partial charge in [-0.1, -0.05) is 6.92 Å². The normalized spacial score (nSPS) is 20.6. The van der Waals surface area contributed by atoms with Crippen molar-refractivity contribution in [3.63, 3.8) is 0 Å². The number of hydrogen-bond acceptors (Lipinski definition) is 5. The Bertz CT molecular complexity index is 662. The molecule has 0 unspecified atom stereocenters. The average molecular weight is 335 g/mol. The molecule has 2 heterocycles. The molecule has 1 fully saturated rings. The van der Waals surface area contributed by atoms with Crippen LogP contribution in [0.1, 0.15) is 29.3 Å². The van der Waals surface area contributed by atoms with Crippen molar-refractivity contribution in [1.82, 2.24) is 4.90 Å². The van der Waals surface area contributed by atoms with Crippen LogP contribution in [0.5, 0.6) is 0 Å². The van der Waals surface area contributed by atoms with Gasteiger partial charge in [0.15, 0.2) is 0 Å². The second kappa shape index (κ2) is 6.31. The van der Waals surface area contributed by atoms with E-state index in [1.165, 1.54) is 28.0 Å². The lowest BCUT2D eigenvalue weighted by Gasteiger charge is -2.17. The summed E-state index contributed by atoms with van der Waals surface area (Å²) in [5.74, 6) is 1.41. The first-order chi connectivity index (χ1) is 10.6. The minimum absolute atomic E-state index is 0.0000412. The Morgan fingerprint density at radius 1 is 1.55 bits per heavy atom. The van der Waals surface area contributed by atoms with Crippen LogP contribution in [-0.4, -0.2) is 34.9 Å². The van der Waals surface area contributed by atoms with E-state index in [1.807, 2.05) is 0 Å². The van der Waals surface area contributed by atoms with Crippen molar-refractivity contribution < 1.29 is 9.59 Å². The molecule has 1 N–H and O–H groups in total. The molecule has 0 aromatic carbocycles. The van der Waals surface area contributed by atoms with Gasteiger partial charge in [0.25, 0.3) is 0 Å². The van der Waals surface area contributed by atoms with Crippen LogP contribution in [0.25, 0.3) is 0 Å². The van der Waals surface area contributed by atoms with Gasteiger partial charge < -0.3 is 10.2 Å². The Balaban J connectivity index is 1.73. The molecule has 1 atom stereocenters. The van der Waals surface area contributed by atoms with E-state index in [0.29, 0.717) is 28.1 Å². The first kappa shape index (κ1) is 15.4. The smallest absolute Gasteiger partial charge is 0.244 e. The third-order valence-electron chi connectivity index (χ3n) is 4.04. The SMILES string of the molecule is C[C@H]1CCc2c(sc(NC(=O)CN3CSCC3=O)c2C#N)C1. The standard InChI is InChI=1S/C15H17N3O2S2/c1-9-2-3-10-11(5-16)15(22-12(10)4-9)17-13(19)6-18-8-21-7-14(18)20/h9H,2-4,6-8H2,1H3,(H,17,19)/t9-/m0/s1. The van der Waals surface area contributed by atoms with E-state index in [-0.39, 0.29) is 18.4 Å². The maximum Gasteiger partial charge on any atom is 0.244 e. The minimum Gasteiger partial charge on any atom is -0.323 e. The highest BCUT2D eigenvalue weighted by Gasteiger charge is 2.26. The van der Waals surface area contributed by atoms with E-state index in [0.717, 1.165) is 24.8 Å². The van der Waals surface area contributed by atoms with Crippen molar-refractivity contribution in [3.05, 3.63) is 16.0 Å². The fourth-order valence-corrected chi connectivity index (χ4v) is 5.12. The second-order valence-electron chi connectivity index (χ2n) is 5.79. The monoisotopic (exact) mass is 335 g/mol. The summed E-state index contributed by atoms with van der Waals surface area (Å²) in [6, 6.07) is 2.24. The lowest BCUT2D eigenvalue weighted by Crippen LogP contribution is -2.34. The molecule has 0 saturated carbocycles. The number of thiophene rings is 1. The first-order valence-electron chi connectivity index (χ1n) is 7.28. The van der Waals surface area contributed by atoms with E-state index < -0.39 is 0 Å². The number of nitriles is 1. The Morgan fingerprint density at radius 3 is 3.05 bits per heavy atom. The number of carbonyl (C=O) groups excluding carboxylic acids is 2. The molecule has 0 spiro atoms. The summed E-state index contributed by atoms with van der Waals surface area (Å²) in [6.07, 6.45) is 2.98. The zero-order valence-corrected chi connectivity index (χ0v) is 14.0. The van der Waals surface area contributed by atoms with Gasteiger partial charge in [0.1, 0.15) is 17.6 Å². The molecule has 1 saturated heterocycles. The third kappa shape index (κ3) is 2.99. The van der Waals surface area contributed by atoms with E-state index in [1.54, 1.807) is 4.90 Å². The lowest BCUT2D eigenvalue weighted by atomic mass is 9.89. The highest BCUT2D eigenvalue weighted by molar-refractivity contribution is 8.00. The first-order valence-corrected chi connectivity index (χ1v) is 9.25. The number of fused-ring (bicyclic) bond motifs is 1. The molecular formula is C15H17N3O2S2. The van der Waals surface area contributed by atoms with Crippen LogP contribution in [0.15, 0.2) is 0 Å². The average Bonchev–Trinajstić information content (AvgIpc) is 3.01. The zero-order valence-electron chi connectivity index (χ0n) is 12.3. The topological polar surface area (TPSA) is 73.2 Å². The number of thioether (sulfide) groups is 1. The molecule has 1 aliphatic carbocycles. The predicted molar refractivity (Wildman–Crippen MR) is 87.9 cm³/mol. The van der Waals surface area contributed by atoms with Crippen LogP contribution >= 0.6 is 23.1 Å². The molecule has 2 amide bonds. The summed E-state index contributed by atoms with van der Waals surface area (Å²) in [4.78, 5) is 26.5. The molecule has 5 nitrogen and oxygen atoms in total. The van der Waals surface area contributed by atoms with Crippen LogP contribution < -0.4 is 5.32 Å². The van der Waals surface area contributed by atoms with E-state index in [4.69, 9.17) is 0 Å². The van der Waals surface area contributed by atoms with Crippen LogP contribution in [0, 0.1) is 17.2 Å². The lowest BCUT2D eigenvalue weighted by molar-refractivity contribution is -0.130. The fraction of sp³-hybridized carbons (Fsp3) is 0.533. The Kier molecular flexibility index (Phi) is 4.41. The van der Waals surface area contributed by atoms with Gasteiger partial charge in [-0.15, -0.1) is 23.1 Å². The number of rotatable bonds is 3. The number of nitrogens with one attached hydrogen (secondary N) is 1. The van der Waals surface area contributed by atoms with Crippen molar-refractivity contribution in [2.75, 3.05) is 23.5 Å². The Hall–Kier alpha value is -1.52. The quantitative estimate of drug-likeness (QED) is 0.919. The predicted octanol–water partition coefficient (Wildman–Crippen LogP) is 2.22. The molecule has 116 valence electrons. The van der Waals surface area contributed by atoms with Gasteiger partial charge in [-0.05, 0) is 30.7 Å². The molecule has 1 aromatic rings. The molecule has 7 heteroatoms. The summed E-state index contributed by atoms with van der Waals surface area (Å²) in [5.41, 5.74) is 1.72. The van der Waals surface area contributed by atoms with Crippen molar-refractivity contribution in [2.45, 2.75) is 26.2 Å². The third-order valence-corrected chi connectivity index (χ3v) is 6.15. The Labute approximate surface area is 137 Å². The van der Waals surface area contributed by atoms with E-state index in [9.17, 15) is 14.9 Å². The highest BCUT2D eigenvalue weighted by atomic mass is 32.2. The molecule has 22 heavy (non-hydrogen) atoms. The van der Waals surface area contributed by atoms with Crippen molar-refractivity contribution in [1.29, 1.82) is 5.26 Å². The summed E-state index contributed by atoms with van der Waals surface area (Å²) in [6.45, 7) is 2.28.